The molecule has 3 unspecified atom stereocenters. The summed E-state index contributed by atoms with van der Waals surface area (Å²) in [6, 6.07) is 5.63. The van der Waals surface area contributed by atoms with Crippen molar-refractivity contribution in [3.05, 3.63) is 18.2 Å². The Balaban J connectivity index is 0.00000289. The topological polar surface area (TPSA) is 62.8 Å². The van der Waals surface area contributed by atoms with E-state index < -0.39 is 0 Å². The number of hydrogen-bond acceptors (Lipinski definition) is 5. The number of unbranched alkanes of at least 4 members (excludes halogenated alkanes) is 1. The van der Waals surface area contributed by atoms with Crippen molar-refractivity contribution in [2.45, 2.75) is 71.8 Å². The van der Waals surface area contributed by atoms with Gasteiger partial charge in [0.2, 0.25) is 5.91 Å². The Hall–Kier alpha value is -1.21. The number of anilines is 1. The van der Waals surface area contributed by atoms with Gasteiger partial charge in [0.1, 0.15) is 18.1 Å². The molecule has 1 heterocycles. The molecule has 0 bridgehead atoms. The highest BCUT2D eigenvalue weighted by molar-refractivity contribution is 5.96. The first-order valence-electron chi connectivity index (χ1n) is 12.8. The number of nitrogens with zero attached hydrogens (tertiary/aromatic N) is 1. The van der Waals surface area contributed by atoms with Crippen molar-refractivity contribution in [3.8, 4) is 11.5 Å². The fourth-order valence-electron chi connectivity index (χ4n) is 4.94. The van der Waals surface area contributed by atoms with E-state index in [0.717, 1.165) is 62.8 Å². The van der Waals surface area contributed by atoms with Crippen LogP contribution in [0.4, 0.5) is 5.69 Å². The van der Waals surface area contributed by atoms with Gasteiger partial charge in [0, 0.05) is 12.6 Å². The molecule has 6 nitrogen and oxygen atoms in total. The van der Waals surface area contributed by atoms with Gasteiger partial charge in [-0.1, -0.05) is 46.5 Å². The second-order valence-corrected chi connectivity index (χ2v) is 9.23. The number of piperidine rings is 1. The lowest BCUT2D eigenvalue weighted by Crippen LogP contribution is -2.50. The summed E-state index contributed by atoms with van der Waals surface area (Å²) in [5, 5.41) is 6.62. The molecule has 2 fully saturated rings. The Morgan fingerprint density at radius 3 is 2.50 bits per heavy atom. The van der Waals surface area contributed by atoms with Crippen molar-refractivity contribution >= 4 is 36.4 Å². The number of carbonyl (C=O) groups is 1. The SMILES string of the molecule is CCCCOc1cc(OCCN(CC)CC)ccc1NC(=O)C1CC2CCCCC2CN1.Cl.Cl. The number of likely N-dealkylation sites (N-methyl/N-ethyl adjacent to an activating group) is 1. The number of rotatable bonds is 12. The Kier molecular flexibility index (Phi) is 14.9. The Morgan fingerprint density at radius 2 is 1.79 bits per heavy atom. The molecule has 1 saturated heterocycles. The van der Waals surface area contributed by atoms with E-state index in [0.29, 0.717) is 24.9 Å². The molecule has 2 aliphatic rings. The van der Waals surface area contributed by atoms with Crippen LogP contribution in [0.2, 0.25) is 0 Å². The predicted molar refractivity (Wildman–Crippen MR) is 145 cm³/mol. The molecule has 34 heavy (non-hydrogen) atoms. The van der Waals surface area contributed by atoms with Crippen molar-refractivity contribution in [2.75, 3.05) is 44.7 Å². The van der Waals surface area contributed by atoms with Gasteiger partial charge in [-0.2, -0.15) is 0 Å². The van der Waals surface area contributed by atoms with E-state index in [1.165, 1.54) is 25.7 Å². The van der Waals surface area contributed by atoms with Gasteiger partial charge in [-0.05, 0) is 62.9 Å². The minimum atomic E-state index is -0.122. The molecular weight excluding hydrogens is 473 g/mol. The Morgan fingerprint density at radius 1 is 1.06 bits per heavy atom. The van der Waals surface area contributed by atoms with Gasteiger partial charge < -0.3 is 25.0 Å². The summed E-state index contributed by atoms with van der Waals surface area (Å²) >= 11 is 0. The van der Waals surface area contributed by atoms with E-state index in [1.807, 2.05) is 18.2 Å². The lowest BCUT2D eigenvalue weighted by atomic mass is 9.73. The molecule has 8 heteroatoms. The van der Waals surface area contributed by atoms with E-state index in [2.05, 4.69) is 36.3 Å². The van der Waals surface area contributed by atoms with E-state index in [4.69, 9.17) is 9.47 Å². The second kappa shape index (κ2) is 16.5. The number of ether oxygens (including phenoxy) is 2. The molecule has 1 saturated carbocycles. The van der Waals surface area contributed by atoms with Gasteiger partial charge in [0.25, 0.3) is 0 Å². The van der Waals surface area contributed by atoms with Crippen LogP contribution < -0.4 is 20.1 Å². The molecular formula is C26H45Cl2N3O3. The molecule has 3 rings (SSSR count). The van der Waals surface area contributed by atoms with Crippen LogP contribution in [0.1, 0.15) is 65.7 Å². The minimum absolute atomic E-state index is 0. The summed E-state index contributed by atoms with van der Waals surface area (Å²) in [4.78, 5) is 15.4. The Labute approximate surface area is 218 Å². The second-order valence-electron chi connectivity index (χ2n) is 9.23. The quantitative estimate of drug-likeness (QED) is 0.356. The van der Waals surface area contributed by atoms with Crippen molar-refractivity contribution in [1.29, 1.82) is 0 Å². The number of fused-ring (bicyclic) bond motifs is 1. The monoisotopic (exact) mass is 517 g/mol. The number of amides is 1. The van der Waals surface area contributed by atoms with E-state index >= 15 is 0 Å². The first-order chi connectivity index (χ1) is 15.6. The Bertz CT molecular complexity index is 719. The summed E-state index contributed by atoms with van der Waals surface area (Å²) in [5.74, 6) is 2.95. The normalized spacial score (nSPS) is 21.6. The summed E-state index contributed by atoms with van der Waals surface area (Å²) in [6.07, 6.45) is 8.19. The molecule has 1 aromatic carbocycles. The molecule has 3 atom stereocenters. The smallest absolute Gasteiger partial charge is 0.241 e. The summed E-state index contributed by atoms with van der Waals surface area (Å²) in [7, 11) is 0. The first kappa shape index (κ1) is 30.8. The van der Waals surface area contributed by atoms with Gasteiger partial charge in [-0.15, -0.1) is 24.8 Å². The lowest BCUT2D eigenvalue weighted by Gasteiger charge is -2.39. The van der Waals surface area contributed by atoms with Crippen molar-refractivity contribution < 1.29 is 14.3 Å². The van der Waals surface area contributed by atoms with Crippen LogP contribution in [0.25, 0.3) is 0 Å². The van der Waals surface area contributed by atoms with Gasteiger partial charge in [-0.25, -0.2) is 0 Å². The zero-order chi connectivity index (χ0) is 22.8. The van der Waals surface area contributed by atoms with Crippen molar-refractivity contribution in [1.82, 2.24) is 10.2 Å². The summed E-state index contributed by atoms with van der Waals surface area (Å²) in [5.41, 5.74) is 0.731. The third-order valence-corrected chi connectivity index (χ3v) is 7.08. The summed E-state index contributed by atoms with van der Waals surface area (Å²) in [6.45, 7) is 11.6. The third kappa shape index (κ3) is 9.10. The maximum absolute atomic E-state index is 13.1. The van der Waals surface area contributed by atoms with Crippen LogP contribution in [0, 0.1) is 11.8 Å². The number of hydrogen-bond donors (Lipinski definition) is 2. The van der Waals surface area contributed by atoms with Crippen LogP contribution in [0.5, 0.6) is 11.5 Å². The zero-order valence-electron chi connectivity index (χ0n) is 21.1. The van der Waals surface area contributed by atoms with E-state index in [9.17, 15) is 4.79 Å². The van der Waals surface area contributed by atoms with Crippen LogP contribution in [0.3, 0.4) is 0 Å². The maximum atomic E-state index is 13.1. The largest absolute Gasteiger partial charge is 0.492 e. The highest BCUT2D eigenvalue weighted by Crippen LogP contribution is 2.36. The van der Waals surface area contributed by atoms with E-state index in [-0.39, 0.29) is 36.8 Å². The molecule has 1 aromatic rings. The number of benzene rings is 1. The molecule has 1 amide bonds. The van der Waals surface area contributed by atoms with Gasteiger partial charge in [0.15, 0.2) is 0 Å². The minimum Gasteiger partial charge on any atom is -0.492 e. The van der Waals surface area contributed by atoms with Crippen LogP contribution >= 0.6 is 24.8 Å². The van der Waals surface area contributed by atoms with Crippen molar-refractivity contribution in [3.63, 3.8) is 0 Å². The van der Waals surface area contributed by atoms with E-state index in [1.54, 1.807) is 0 Å². The molecule has 1 aliphatic carbocycles. The van der Waals surface area contributed by atoms with Gasteiger partial charge in [0.05, 0.1) is 18.3 Å². The van der Waals surface area contributed by atoms with Gasteiger partial charge in [-0.3, -0.25) is 4.79 Å². The molecule has 2 N–H and O–H groups in total. The molecule has 0 aromatic heterocycles. The summed E-state index contributed by atoms with van der Waals surface area (Å²) < 4.78 is 12.0. The highest BCUT2D eigenvalue weighted by atomic mass is 35.5. The molecule has 196 valence electrons. The fraction of sp³-hybridized carbons (Fsp3) is 0.731. The average molecular weight is 519 g/mol. The van der Waals surface area contributed by atoms with Crippen LogP contribution in [-0.4, -0.2) is 56.2 Å². The molecule has 1 aliphatic heterocycles. The number of nitrogens with one attached hydrogen (secondary N) is 2. The lowest BCUT2D eigenvalue weighted by molar-refractivity contribution is -0.119. The third-order valence-electron chi connectivity index (χ3n) is 7.08. The molecule has 0 spiro atoms. The van der Waals surface area contributed by atoms with Gasteiger partial charge >= 0.3 is 0 Å². The van der Waals surface area contributed by atoms with Crippen LogP contribution in [0.15, 0.2) is 18.2 Å². The highest BCUT2D eigenvalue weighted by Gasteiger charge is 2.34. The fourth-order valence-corrected chi connectivity index (χ4v) is 4.94. The van der Waals surface area contributed by atoms with Crippen molar-refractivity contribution in [2.24, 2.45) is 11.8 Å². The predicted octanol–water partition coefficient (Wildman–Crippen LogP) is 5.54. The first-order valence-corrected chi connectivity index (χ1v) is 12.8. The maximum Gasteiger partial charge on any atom is 0.241 e. The molecule has 0 radical (unpaired) electrons. The number of halogens is 2. The standard InChI is InChI=1S/C26H43N3O3.2ClH/c1-4-7-15-32-25-18-22(31-16-14-29(5-2)6-3)12-13-23(25)28-26(30)24-17-20-10-8-9-11-21(20)19-27-24;;/h12-13,18,20-21,24,27H,4-11,14-17,19H2,1-3H3,(H,28,30);2*1H. The number of carbonyl (C=O) groups excluding carboxylic acids is 1. The average Bonchev–Trinajstić information content (AvgIpc) is 2.83. The zero-order valence-corrected chi connectivity index (χ0v) is 22.8. The van der Waals surface area contributed by atoms with Crippen LogP contribution in [-0.2, 0) is 4.79 Å².